The van der Waals surface area contributed by atoms with Gasteiger partial charge in [-0.25, -0.2) is 0 Å². The maximum absolute atomic E-state index is 9.83. The van der Waals surface area contributed by atoms with Crippen molar-refractivity contribution in [3.05, 3.63) is 29.8 Å². The quantitative estimate of drug-likeness (QED) is 0.865. The summed E-state index contributed by atoms with van der Waals surface area (Å²) in [5.41, 5.74) is 2.25. The maximum Gasteiger partial charge on any atom is 0.0787 e. The van der Waals surface area contributed by atoms with Crippen molar-refractivity contribution in [2.75, 3.05) is 31.6 Å². The van der Waals surface area contributed by atoms with Crippen LogP contribution >= 0.6 is 0 Å². The van der Waals surface area contributed by atoms with Crippen LogP contribution in [0.15, 0.2) is 24.3 Å². The molecular weight excluding hydrogens is 248 g/mol. The molecule has 1 saturated heterocycles. The van der Waals surface area contributed by atoms with E-state index in [1.807, 2.05) is 19.1 Å². The molecule has 2 atom stereocenters. The zero-order valence-corrected chi connectivity index (χ0v) is 13.0. The zero-order valence-electron chi connectivity index (χ0n) is 13.0. The summed E-state index contributed by atoms with van der Waals surface area (Å²) in [6.45, 7) is 7.74. The van der Waals surface area contributed by atoms with Crippen molar-refractivity contribution in [3.8, 4) is 0 Å². The van der Waals surface area contributed by atoms with E-state index >= 15 is 0 Å². The first-order valence-electron chi connectivity index (χ1n) is 7.88. The molecule has 2 rings (SSSR count). The Hall–Kier alpha value is -1.06. The summed E-state index contributed by atoms with van der Waals surface area (Å²) in [5, 5.41) is 9.83. The summed E-state index contributed by atoms with van der Waals surface area (Å²) in [7, 11) is 2.16. The Morgan fingerprint density at radius 2 is 2.00 bits per heavy atom. The van der Waals surface area contributed by atoms with Crippen molar-refractivity contribution in [2.24, 2.45) is 0 Å². The zero-order chi connectivity index (χ0) is 14.5. The van der Waals surface area contributed by atoms with E-state index in [1.54, 1.807) is 0 Å². The second-order valence-electron chi connectivity index (χ2n) is 5.82. The molecule has 112 valence electrons. The topological polar surface area (TPSA) is 26.7 Å². The molecule has 1 unspecified atom stereocenters. The summed E-state index contributed by atoms with van der Waals surface area (Å²) in [6, 6.07) is 9.03. The van der Waals surface area contributed by atoms with Gasteiger partial charge in [0.05, 0.1) is 6.10 Å². The molecule has 0 spiro atoms. The lowest BCUT2D eigenvalue weighted by Gasteiger charge is -2.29. The molecular formula is C17H28N2O. The summed E-state index contributed by atoms with van der Waals surface area (Å²) in [6.07, 6.45) is 3.07. The van der Waals surface area contributed by atoms with Crippen LogP contribution in [0.4, 0.5) is 5.69 Å². The van der Waals surface area contributed by atoms with Crippen LogP contribution in [-0.2, 0) is 0 Å². The Balaban J connectivity index is 1.97. The predicted octanol–water partition coefficient (Wildman–Crippen LogP) is 3.05. The van der Waals surface area contributed by atoms with Gasteiger partial charge in [-0.3, -0.25) is 4.90 Å². The third kappa shape index (κ3) is 3.53. The summed E-state index contributed by atoms with van der Waals surface area (Å²) in [4.78, 5) is 4.91. The molecule has 1 aliphatic heterocycles. The first-order chi connectivity index (χ1) is 9.65. The fourth-order valence-corrected chi connectivity index (χ4v) is 3.13. The largest absolute Gasteiger partial charge is 0.388 e. The van der Waals surface area contributed by atoms with Crippen LogP contribution in [0, 0.1) is 0 Å². The number of anilines is 1. The number of benzene rings is 1. The Kier molecular flexibility index (Phi) is 5.44. The van der Waals surface area contributed by atoms with Gasteiger partial charge in [-0.05, 0) is 50.0 Å². The molecule has 1 heterocycles. The van der Waals surface area contributed by atoms with E-state index in [0.29, 0.717) is 6.04 Å². The molecule has 0 aliphatic carbocycles. The molecule has 1 aliphatic rings. The molecule has 0 aromatic heterocycles. The normalized spacial score (nSPS) is 21.1. The van der Waals surface area contributed by atoms with Crippen molar-refractivity contribution in [1.29, 1.82) is 0 Å². The van der Waals surface area contributed by atoms with Gasteiger partial charge in [0.15, 0.2) is 0 Å². The minimum Gasteiger partial charge on any atom is -0.388 e. The van der Waals surface area contributed by atoms with Crippen molar-refractivity contribution in [2.45, 2.75) is 45.3 Å². The third-order valence-electron chi connectivity index (χ3n) is 4.50. The monoisotopic (exact) mass is 276 g/mol. The minimum atomic E-state index is -0.334. The Labute approximate surface area is 123 Å². The molecule has 1 N–H and O–H groups in total. The van der Waals surface area contributed by atoms with Gasteiger partial charge >= 0.3 is 0 Å². The van der Waals surface area contributed by atoms with E-state index in [0.717, 1.165) is 25.1 Å². The lowest BCUT2D eigenvalue weighted by atomic mass is 10.1. The molecule has 0 bridgehead atoms. The summed E-state index contributed by atoms with van der Waals surface area (Å²) in [5.74, 6) is 0. The van der Waals surface area contributed by atoms with E-state index in [-0.39, 0.29) is 6.10 Å². The van der Waals surface area contributed by atoms with Crippen molar-refractivity contribution in [3.63, 3.8) is 0 Å². The minimum absolute atomic E-state index is 0.334. The van der Waals surface area contributed by atoms with Gasteiger partial charge in [-0.15, -0.1) is 0 Å². The average Bonchev–Trinajstić information content (AvgIpc) is 2.93. The van der Waals surface area contributed by atoms with Gasteiger partial charge in [0.2, 0.25) is 0 Å². The number of aliphatic hydroxyl groups excluding tert-OH is 1. The third-order valence-corrected chi connectivity index (χ3v) is 4.50. The number of likely N-dealkylation sites (tertiary alicyclic amines) is 1. The van der Waals surface area contributed by atoms with Crippen molar-refractivity contribution >= 4 is 5.69 Å². The Morgan fingerprint density at radius 1 is 1.30 bits per heavy atom. The number of aliphatic hydroxyl groups is 1. The van der Waals surface area contributed by atoms with Gasteiger partial charge in [0.25, 0.3) is 0 Å². The number of nitrogens with zero attached hydrogens (tertiary/aromatic N) is 2. The lowest BCUT2D eigenvalue weighted by Crippen LogP contribution is -2.38. The Bertz CT molecular complexity index is 404. The first-order valence-corrected chi connectivity index (χ1v) is 7.88. The maximum atomic E-state index is 9.83. The van der Waals surface area contributed by atoms with Gasteiger partial charge in [-0.2, -0.15) is 0 Å². The second kappa shape index (κ2) is 7.09. The molecule has 1 aromatic carbocycles. The fourth-order valence-electron chi connectivity index (χ4n) is 3.13. The lowest BCUT2D eigenvalue weighted by molar-refractivity contribution is 0.173. The molecule has 3 nitrogen and oxygen atoms in total. The summed E-state index contributed by atoms with van der Waals surface area (Å²) >= 11 is 0. The van der Waals surface area contributed by atoms with Crippen LogP contribution in [0.25, 0.3) is 0 Å². The van der Waals surface area contributed by atoms with Gasteiger partial charge in [-0.1, -0.05) is 26.0 Å². The van der Waals surface area contributed by atoms with Crippen molar-refractivity contribution < 1.29 is 5.11 Å². The molecule has 1 fully saturated rings. The standard InChI is InChI=1S/C17H28N2O/c1-4-17(20)14-8-10-15(11-9-14)18(3)13-16-7-6-12-19(16)5-2/h8-11,16-17,20H,4-7,12-13H2,1-3H3/t16?,17-/m1/s1. The number of likely N-dealkylation sites (N-methyl/N-ethyl adjacent to an activating group) is 2. The van der Waals surface area contributed by atoms with E-state index in [9.17, 15) is 5.11 Å². The SMILES string of the molecule is CC[C@@H](O)c1ccc(N(C)CC2CCCN2CC)cc1. The van der Waals surface area contributed by atoms with Crippen molar-refractivity contribution in [1.82, 2.24) is 4.90 Å². The van der Waals surface area contributed by atoms with Crippen LogP contribution in [0.3, 0.4) is 0 Å². The van der Waals surface area contributed by atoms with E-state index in [2.05, 4.69) is 35.9 Å². The van der Waals surface area contributed by atoms with Crippen LogP contribution in [-0.4, -0.2) is 42.7 Å². The molecule has 0 radical (unpaired) electrons. The van der Waals surface area contributed by atoms with Crippen LogP contribution < -0.4 is 4.90 Å². The Morgan fingerprint density at radius 3 is 2.60 bits per heavy atom. The number of hydrogen-bond acceptors (Lipinski definition) is 3. The highest BCUT2D eigenvalue weighted by molar-refractivity contribution is 5.47. The smallest absolute Gasteiger partial charge is 0.0787 e. The number of hydrogen-bond donors (Lipinski definition) is 1. The molecule has 20 heavy (non-hydrogen) atoms. The highest BCUT2D eigenvalue weighted by atomic mass is 16.3. The molecule has 0 saturated carbocycles. The number of rotatable bonds is 6. The summed E-state index contributed by atoms with van der Waals surface area (Å²) < 4.78 is 0. The second-order valence-corrected chi connectivity index (χ2v) is 5.82. The first kappa shape index (κ1) is 15.3. The van der Waals surface area contributed by atoms with Crippen LogP contribution in [0.2, 0.25) is 0 Å². The van der Waals surface area contributed by atoms with Crippen LogP contribution in [0.5, 0.6) is 0 Å². The predicted molar refractivity (Wildman–Crippen MR) is 85.2 cm³/mol. The fraction of sp³-hybridized carbons (Fsp3) is 0.647. The molecule has 1 aromatic rings. The average molecular weight is 276 g/mol. The van der Waals surface area contributed by atoms with Gasteiger partial charge in [0, 0.05) is 25.3 Å². The van der Waals surface area contributed by atoms with E-state index < -0.39 is 0 Å². The van der Waals surface area contributed by atoms with Gasteiger partial charge in [0.1, 0.15) is 0 Å². The highest BCUT2D eigenvalue weighted by Crippen LogP contribution is 2.23. The highest BCUT2D eigenvalue weighted by Gasteiger charge is 2.24. The van der Waals surface area contributed by atoms with Gasteiger partial charge < -0.3 is 10.0 Å². The van der Waals surface area contributed by atoms with Crippen LogP contribution in [0.1, 0.15) is 44.8 Å². The van der Waals surface area contributed by atoms with E-state index in [4.69, 9.17) is 0 Å². The molecule has 0 amide bonds. The van der Waals surface area contributed by atoms with E-state index in [1.165, 1.54) is 25.1 Å². The molecule has 3 heteroatoms.